The van der Waals surface area contributed by atoms with Crippen molar-refractivity contribution in [2.45, 2.75) is 38.9 Å². The predicted octanol–water partition coefficient (Wildman–Crippen LogP) is 2.82. The number of nitrogens with zero attached hydrogens (tertiary/aromatic N) is 3. The predicted molar refractivity (Wildman–Crippen MR) is 82.9 cm³/mol. The topological polar surface area (TPSA) is 41.1 Å². The molecule has 20 heavy (non-hydrogen) atoms. The highest BCUT2D eigenvalue weighted by Gasteiger charge is 2.20. The number of anilines is 1. The molecule has 0 spiro atoms. The van der Waals surface area contributed by atoms with E-state index < -0.39 is 0 Å². The number of hydrogen-bond acceptors (Lipinski definition) is 5. The molecule has 2 aromatic rings. The van der Waals surface area contributed by atoms with E-state index in [-0.39, 0.29) is 0 Å². The molecule has 0 bridgehead atoms. The number of aromatic nitrogens is 2. The molecule has 5 heteroatoms. The molecule has 0 aromatic carbocycles. The molecular weight excluding hydrogens is 268 g/mol. The first-order chi connectivity index (χ1) is 9.85. The fourth-order valence-electron chi connectivity index (χ4n) is 2.06. The van der Waals surface area contributed by atoms with Gasteiger partial charge in [-0.05, 0) is 31.9 Å². The van der Waals surface area contributed by atoms with Crippen molar-refractivity contribution < 1.29 is 0 Å². The minimum atomic E-state index is 0.732. The second-order valence-electron chi connectivity index (χ2n) is 5.11. The minimum absolute atomic E-state index is 0.732. The van der Waals surface area contributed by atoms with Crippen molar-refractivity contribution in [3.05, 3.63) is 41.2 Å². The second-order valence-corrected chi connectivity index (χ2v) is 5.95. The summed E-state index contributed by atoms with van der Waals surface area (Å²) < 4.78 is 0. The first kappa shape index (κ1) is 13.5. The molecule has 106 valence electrons. The highest BCUT2D eigenvalue weighted by molar-refractivity contribution is 7.13. The van der Waals surface area contributed by atoms with Crippen molar-refractivity contribution >= 4 is 16.5 Å². The van der Waals surface area contributed by atoms with Gasteiger partial charge in [0.25, 0.3) is 0 Å². The lowest BCUT2D eigenvalue weighted by atomic mass is 10.3. The van der Waals surface area contributed by atoms with E-state index in [2.05, 4.69) is 33.6 Å². The number of rotatable bonds is 7. The zero-order valence-corrected chi connectivity index (χ0v) is 12.6. The van der Waals surface area contributed by atoms with E-state index in [0.717, 1.165) is 42.2 Å². The summed E-state index contributed by atoms with van der Waals surface area (Å²) in [6, 6.07) is 6.77. The van der Waals surface area contributed by atoms with Crippen LogP contribution in [0.3, 0.4) is 0 Å². The molecular formula is C15H20N4S. The number of pyridine rings is 1. The standard InChI is InChI=1S/C15H20N4S/c1-2-19(10-13-5-3-4-8-16-13)15-18-14(11-20-15)9-17-12-6-7-12/h3-5,8,11-12,17H,2,6-7,9-10H2,1H3. The molecule has 1 N–H and O–H groups in total. The van der Waals surface area contributed by atoms with Crippen LogP contribution in [-0.4, -0.2) is 22.6 Å². The molecule has 1 fully saturated rings. The normalized spacial score (nSPS) is 14.4. The highest BCUT2D eigenvalue weighted by Crippen LogP contribution is 2.23. The smallest absolute Gasteiger partial charge is 0.185 e. The fourth-order valence-corrected chi connectivity index (χ4v) is 2.95. The zero-order chi connectivity index (χ0) is 13.8. The Kier molecular flexibility index (Phi) is 4.28. The van der Waals surface area contributed by atoms with Gasteiger partial charge >= 0.3 is 0 Å². The van der Waals surface area contributed by atoms with E-state index >= 15 is 0 Å². The van der Waals surface area contributed by atoms with Gasteiger partial charge in [-0.1, -0.05) is 6.07 Å². The Balaban J connectivity index is 1.62. The van der Waals surface area contributed by atoms with Crippen LogP contribution >= 0.6 is 11.3 Å². The van der Waals surface area contributed by atoms with Crippen LogP contribution in [0.4, 0.5) is 5.13 Å². The van der Waals surface area contributed by atoms with Crippen LogP contribution in [-0.2, 0) is 13.1 Å². The molecule has 1 aliphatic carbocycles. The third-order valence-electron chi connectivity index (χ3n) is 3.42. The highest BCUT2D eigenvalue weighted by atomic mass is 32.1. The molecule has 1 saturated carbocycles. The van der Waals surface area contributed by atoms with Gasteiger partial charge in [0.2, 0.25) is 0 Å². The van der Waals surface area contributed by atoms with Gasteiger partial charge in [-0.3, -0.25) is 4.98 Å². The molecule has 1 aliphatic rings. The third-order valence-corrected chi connectivity index (χ3v) is 4.37. The van der Waals surface area contributed by atoms with Crippen molar-refractivity contribution in [1.29, 1.82) is 0 Å². The molecule has 0 atom stereocenters. The van der Waals surface area contributed by atoms with Gasteiger partial charge in [0.05, 0.1) is 17.9 Å². The Morgan fingerprint density at radius 2 is 2.25 bits per heavy atom. The van der Waals surface area contributed by atoms with Crippen molar-refractivity contribution in [2.24, 2.45) is 0 Å². The summed E-state index contributed by atoms with van der Waals surface area (Å²) in [4.78, 5) is 11.4. The molecule has 0 aliphatic heterocycles. The van der Waals surface area contributed by atoms with Crippen LogP contribution in [0.15, 0.2) is 29.8 Å². The summed E-state index contributed by atoms with van der Waals surface area (Å²) in [6.07, 6.45) is 4.48. The summed E-state index contributed by atoms with van der Waals surface area (Å²) in [5.74, 6) is 0. The monoisotopic (exact) mass is 288 g/mol. The summed E-state index contributed by atoms with van der Waals surface area (Å²) in [5.41, 5.74) is 2.23. The van der Waals surface area contributed by atoms with Crippen molar-refractivity contribution in [2.75, 3.05) is 11.4 Å². The lowest BCUT2D eigenvalue weighted by Crippen LogP contribution is -2.22. The number of thiazole rings is 1. The molecule has 2 aromatic heterocycles. The van der Waals surface area contributed by atoms with Crippen molar-refractivity contribution in [1.82, 2.24) is 15.3 Å². The molecule has 0 unspecified atom stereocenters. The van der Waals surface area contributed by atoms with Gasteiger partial charge in [-0.15, -0.1) is 11.3 Å². The molecule has 2 heterocycles. The van der Waals surface area contributed by atoms with Gasteiger partial charge in [-0.2, -0.15) is 0 Å². The van der Waals surface area contributed by atoms with Crippen molar-refractivity contribution in [3.8, 4) is 0 Å². The third kappa shape index (κ3) is 3.55. The van der Waals surface area contributed by atoms with Crippen LogP contribution in [0.2, 0.25) is 0 Å². The average molecular weight is 288 g/mol. The van der Waals surface area contributed by atoms with Gasteiger partial charge in [0.15, 0.2) is 5.13 Å². The number of nitrogens with one attached hydrogen (secondary N) is 1. The van der Waals surface area contributed by atoms with E-state index in [1.54, 1.807) is 11.3 Å². The van der Waals surface area contributed by atoms with Crippen LogP contribution in [0, 0.1) is 0 Å². The van der Waals surface area contributed by atoms with Crippen LogP contribution in [0.5, 0.6) is 0 Å². The van der Waals surface area contributed by atoms with E-state index in [9.17, 15) is 0 Å². The molecule has 0 radical (unpaired) electrons. The van der Waals surface area contributed by atoms with Crippen LogP contribution in [0.25, 0.3) is 0 Å². The Bertz CT molecular complexity index is 536. The first-order valence-electron chi connectivity index (χ1n) is 7.18. The van der Waals surface area contributed by atoms with Gasteiger partial charge in [0, 0.05) is 30.7 Å². The molecule has 0 amide bonds. The van der Waals surface area contributed by atoms with E-state index in [0.29, 0.717) is 0 Å². The van der Waals surface area contributed by atoms with Crippen LogP contribution in [0.1, 0.15) is 31.2 Å². The number of hydrogen-bond donors (Lipinski definition) is 1. The van der Waals surface area contributed by atoms with Gasteiger partial charge in [-0.25, -0.2) is 4.98 Å². The first-order valence-corrected chi connectivity index (χ1v) is 8.05. The lowest BCUT2D eigenvalue weighted by Gasteiger charge is -2.19. The summed E-state index contributed by atoms with van der Waals surface area (Å²) >= 11 is 1.72. The largest absolute Gasteiger partial charge is 0.342 e. The SMILES string of the molecule is CCN(Cc1ccccn1)c1nc(CNC2CC2)cs1. The minimum Gasteiger partial charge on any atom is -0.342 e. The van der Waals surface area contributed by atoms with Crippen molar-refractivity contribution in [3.63, 3.8) is 0 Å². The summed E-state index contributed by atoms with van der Waals surface area (Å²) in [6.45, 7) is 4.81. The maximum atomic E-state index is 4.73. The Labute approximate surface area is 123 Å². The maximum Gasteiger partial charge on any atom is 0.185 e. The van der Waals surface area contributed by atoms with E-state index in [1.807, 2.05) is 18.3 Å². The lowest BCUT2D eigenvalue weighted by molar-refractivity contribution is 0.675. The Hall–Kier alpha value is -1.46. The Morgan fingerprint density at radius 1 is 1.35 bits per heavy atom. The van der Waals surface area contributed by atoms with Gasteiger partial charge in [0.1, 0.15) is 0 Å². The maximum absolute atomic E-state index is 4.73. The molecule has 0 saturated heterocycles. The zero-order valence-electron chi connectivity index (χ0n) is 11.7. The van der Waals surface area contributed by atoms with E-state index in [4.69, 9.17) is 4.98 Å². The summed E-state index contributed by atoms with van der Waals surface area (Å²) in [7, 11) is 0. The Morgan fingerprint density at radius 3 is 2.95 bits per heavy atom. The van der Waals surface area contributed by atoms with Gasteiger partial charge < -0.3 is 10.2 Å². The second kappa shape index (κ2) is 6.33. The average Bonchev–Trinajstić information content (AvgIpc) is 3.21. The quantitative estimate of drug-likeness (QED) is 0.850. The summed E-state index contributed by atoms with van der Waals surface area (Å²) in [5, 5.41) is 6.75. The van der Waals surface area contributed by atoms with E-state index in [1.165, 1.54) is 12.8 Å². The van der Waals surface area contributed by atoms with Crippen LogP contribution < -0.4 is 10.2 Å². The molecule has 4 nitrogen and oxygen atoms in total. The molecule has 3 rings (SSSR count). The fraction of sp³-hybridized carbons (Fsp3) is 0.467.